The van der Waals surface area contributed by atoms with E-state index in [0.29, 0.717) is 18.0 Å². The number of sulfone groups is 1. The van der Waals surface area contributed by atoms with Crippen molar-refractivity contribution >= 4 is 15.7 Å². The fourth-order valence-corrected chi connectivity index (χ4v) is 4.56. The first-order chi connectivity index (χ1) is 10.1. The van der Waals surface area contributed by atoms with Gasteiger partial charge in [0.1, 0.15) is 5.69 Å². The van der Waals surface area contributed by atoms with Crippen LogP contribution in [0.15, 0.2) is 6.07 Å². The Morgan fingerprint density at radius 1 is 1.32 bits per heavy atom. The summed E-state index contributed by atoms with van der Waals surface area (Å²) < 4.78 is 25.2. The summed E-state index contributed by atoms with van der Waals surface area (Å²) >= 11 is 0. The van der Waals surface area contributed by atoms with Gasteiger partial charge in [-0.25, -0.2) is 8.42 Å². The van der Waals surface area contributed by atoms with Gasteiger partial charge in [-0.15, -0.1) is 0 Å². The number of carbonyl (C=O) groups excluding carboxylic acids is 1. The minimum absolute atomic E-state index is 0.128. The predicted octanol–water partition coefficient (Wildman–Crippen LogP) is 1.65. The van der Waals surface area contributed by atoms with Gasteiger partial charge in [-0.2, -0.15) is 5.10 Å². The Morgan fingerprint density at radius 3 is 2.50 bits per heavy atom. The van der Waals surface area contributed by atoms with E-state index in [4.69, 9.17) is 0 Å². The van der Waals surface area contributed by atoms with Crippen LogP contribution < -0.4 is 5.32 Å². The summed E-state index contributed by atoms with van der Waals surface area (Å²) in [6.45, 7) is 5.77. The van der Waals surface area contributed by atoms with Crippen molar-refractivity contribution in [2.24, 2.45) is 0 Å². The minimum Gasteiger partial charge on any atom is -0.346 e. The number of amides is 1. The predicted molar refractivity (Wildman–Crippen MR) is 83.7 cm³/mol. The molecule has 1 aliphatic heterocycles. The molecule has 1 saturated heterocycles. The Balaban J connectivity index is 1.88. The summed E-state index contributed by atoms with van der Waals surface area (Å²) in [6.07, 6.45) is 2.76. The maximum Gasteiger partial charge on any atom is 0.272 e. The molecule has 1 saturated carbocycles. The SMILES string of the molecule is CC(C)(C)NC(=O)c1cc(C2CC2)n(C2CCS(=O)(=O)C2)n1. The molecule has 3 rings (SSSR count). The van der Waals surface area contributed by atoms with Crippen molar-refractivity contribution in [1.29, 1.82) is 0 Å². The Hall–Kier alpha value is -1.37. The summed E-state index contributed by atoms with van der Waals surface area (Å²) in [7, 11) is -2.97. The van der Waals surface area contributed by atoms with Gasteiger partial charge in [-0.3, -0.25) is 9.48 Å². The molecule has 1 atom stereocenters. The zero-order valence-electron chi connectivity index (χ0n) is 13.3. The average molecular weight is 325 g/mol. The van der Waals surface area contributed by atoms with E-state index in [0.717, 1.165) is 18.5 Å². The van der Waals surface area contributed by atoms with Gasteiger partial charge in [0, 0.05) is 17.2 Å². The number of nitrogens with zero attached hydrogens (tertiary/aromatic N) is 2. The van der Waals surface area contributed by atoms with Gasteiger partial charge < -0.3 is 5.32 Å². The molecule has 1 aromatic heterocycles. The minimum atomic E-state index is -2.97. The maximum absolute atomic E-state index is 12.3. The number of carbonyl (C=O) groups is 1. The lowest BCUT2D eigenvalue weighted by molar-refractivity contribution is 0.0913. The smallest absolute Gasteiger partial charge is 0.272 e. The van der Waals surface area contributed by atoms with Gasteiger partial charge in [-0.05, 0) is 46.1 Å². The van der Waals surface area contributed by atoms with Crippen molar-refractivity contribution in [3.05, 3.63) is 17.5 Å². The fraction of sp³-hybridized carbons (Fsp3) is 0.733. The van der Waals surface area contributed by atoms with Crippen molar-refractivity contribution in [3.63, 3.8) is 0 Å². The molecule has 1 amide bonds. The average Bonchev–Trinajstić information content (AvgIpc) is 3.00. The Labute approximate surface area is 131 Å². The lowest BCUT2D eigenvalue weighted by Gasteiger charge is -2.19. The van der Waals surface area contributed by atoms with Crippen LogP contribution in [-0.2, 0) is 9.84 Å². The van der Waals surface area contributed by atoms with E-state index in [1.807, 2.05) is 26.8 Å². The second-order valence-electron chi connectivity index (χ2n) is 7.43. The normalized spacial score (nSPS) is 24.4. The largest absolute Gasteiger partial charge is 0.346 e. The van der Waals surface area contributed by atoms with Crippen LogP contribution in [0, 0.1) is 0 Å². The number of rotatable bonds is 3. The van der Waals surface area contributed by atoms with Crippen LogP contribution in [0.2, 0.25) is 0 Å². The molecule has 0 aromatic carbocycles. The van der Waals surface area contributed by atoms with Crippen molar-refractivity contribution in [2.45, 2.75) is 57.5 Å². The topological polar surface area (TPSA) is 81.1 Å². The summed E-state index contributed by atoms with van der Waals surface area (Å²) in [5.41, 5.74) is 1.08. The van der Waals surface area contributed by atoms with Gasteiger partial charge >= 0.3 is 0 Å². The fourth-order valence-electron chi connectivity index (χ4n) is 2.87. The van der Waals surface area contributed by atoms with E-state index in [1.54, 1.807) is 4.68 Å². The Kier molecular flexibility index (Phi) is 3.58. The summed E-state index contributed by atoms with van der Waals surface area (Å²) in [5.74, 6) is 0.570. The molecule has 7 heteroatoms. The van der Waals surface area contributed by atoms with Crippen LogP contribution in [0.5, 0.6) is 0 Å². The first-order valence-corrected chi connectivity index (χ1v) is 9.59. The molecular formula is C15H23N3O3S. The highest BCUT2D eigenvalue weighted by atomic mass is 32.2. The zero-order valence-corrected chi connectivity index (χ0v) is 14.1. The van der Waals surface area contributed by atoms with Crippen LogP contribution in [-0.4, -0.2) is 41.2 Å². The van der Waals surface area contributed by atoms with Gasteiger partial charge in [0.05, 0.1) is 17.5 Å². The van der Waals surface area contributed by atoms with E-state index >= 15 is 0 Å². The molecule has 122 valence electrons. The van der Waals surface area contributed by atoms with Crippen LogP contribution in [0.4, 0.5) is 0 Å². The monoisotopic (exact) mass is 325 g/mol. The van der Waals surface area contributed by atoms with Crippen molar-refractivity contribution < 1.29 is 13.2 Å². The van der Waals surface area contributed by atoms with Gasteiger partial charge in [0.25, 0.3) is 5.91 Å². The maximum atomic E-state index is 12.3. The van der Waals surface area contributed by atoms with Gasteiger partial charge in [-0.1, -0.05) is 0 Å². The molecule has 2 aliphatic rings. The molecule has 22 heavy (non-hydrogen) atoms. The number of aromatic nitrogens is 2. The summed E-state index contributed by atoms with van der Waals surface area (Å²) in [5, 5.41) is 7.35. The third kappa shape index (κ3) is 3.34. The molecule has 0 bridgehead atoms. The van der Waals surface area contributed by atoms with Crippen LogP contribution >= 0.6 is 0 Å². The molecular weight excluding hydrogens is 302 g/mol. The lowest BCUT2D eigenvalue weighted by Crippen LogP contribution is -2.40. The van der Waals surface area contributed by atoms with Crippen molar-refractivity contribution in [3.8, 4) is 0 Å². The Bertz CT molecular complexity index is 696. The molecule has 1 N–H and O–H groups in total. The van der Waals surface area contributed by atoms with Crippen LogP contribution in [0.25, 0.3) is 0 Å². The molecule has 2 fully saturated rings. The second kappa shape index (κ2) is 5.08. The molecule has 6 nitrogen and oxygen atoms in total. The lowest BCUT2D eigenvalue weighted by atomic mass is 10.1. The van der Waals surface area contributed by atoms with Gasteiger partial charge in [0.15, 0.2) is 9.84 Å². The molecule has 1 aliphatic carbocycles. The van der Waals surface area contributed by atoms with E-state index in [9.17, 15) is 13.2 Å². The Morgan fingerprint density at radius 2 is 2.00 bits per heavy atom. The van der Waals surface area contributed by atoms with Crippen molar-refractivity contribution in [2.75, 3.05) is 11.5 Å². The molecule has 1 aromatic rings. The summed E-state index contributed by atoms with van der Waals surface area (Å²) in [4.78, 5) is 12.3. The second-order valence-corrected chi connectivity index (χ2v) is 9.66. The number of hydrogen-bond donors (Lipinski definition) is 1. The van der Waals surface area contributed by atoms with Crippen LogP contribution in [0.3, 0.4) is 0 Å². The highest BCUT2D eigenvalue weighted by Gasteiger charge is 2.36. The number of nitrogens with one attached hydrogen (secondary N) is 1. The zero-order chi connectivity index (χ0) is 16.1. The third-order valence-electron chi connectivity index (χ3n) is 4.04. The quantitative estimate of drug-likeness (QED) is 0.916. The highest BCUT2D eigenvalue weighted by molar-refractivity contribution is 7.91. The van der Waals surface area contributed by atoms with Gasteiger partial charge in [0.2, 0.25) is 0 Å². The first-order valence-electron chi connectivity index (χ1n) is 7.77. The number of hydrogen-bond acceptors (Lipinski definition) is 4. The van der Waals surface area contributed by atoms with E-state index < -0.39 is 9.84 Å². The van der Waals surface area contributed by atoms with E-state index in [-0.39, 0.29) is 29.0 Å². The standard InChI is InChI=1S/C15H23N3O3S/c1-15(2,3)16-14(19)12-8-13(10-4-5-10)18(17-12)11-6-7-22(20,21)9-11/h8,10-11H,4-7,9H2,1-3H3,(H,16,19). The van der Waals surface area contributed by atoms with E-state index in [2.05, 4.69) is 10.4 Å². The molecule has 0 spiro atoms. The molecule has 1 unspecified atom stereocenters. The van der Waals surface area contributed by atoms with E-state index in [1.165, 1.54) is 0 Å². The van der Waals surface area contributed by atoms with Crippen LogP contribution in [0.1, 0.15) is 68.2 Å². The first kappa shape index (κ1) is 15.5. The van der Waals surface area contributed by atoms with Crippen molar-refractivity contribution in [1.82, 2.24) is 15.1 Å². The molecule has 2 heterocycles. The molecule has 0 radical (unpaired) electrons. The third-order valence-corrected chi connectivity index (χ3v) is 5.79. The highest BCUT2D eigenvalue weighted by Crippen LogP contribution is 2.42. The summed E-state index contributed by atoms with van der Waals surface area (Å²) in [6, 6.07) is 1.71.